The molecule has 0 radical (unpaired) electrons. The van der Waals surface area contributed by atoms with Crippen LogP contribution < -0.4 is 0 Å². The summed E-state index contributed by atoms with van der Waals surface area (Å²) in [5.74, 6) is 0.476. The summed E-state index contributed by atoms with van der Waals surface area (Å²) in [7, 11) is 1.68. The first-order valence-corrected chi connectivity index (χ1v) is 5.96. The number of aromatic amines is 1. The lowest BCUT2D eigenvalue weighted by molar-refractivity contribution is -0.125. The Hall–Kier alpha value is -2.94. The van der Waals surface area contributed by atoms with E-state index in [1.165, 1.54) is 17.3 Å². The molecule has 0 aliphatic carbocycles. The maximum atomic E-state index is 11.9. The fraction of sp³-hybridized carbons (Fsp3) is 0.143. The van der Waals surface area contributed by atoms with E-state index in [1.54, 1.807) is 31.3 Å². The Morgan fingerprint density at radius 3 is 3.10 bits per heavy atom. The third kappa shape index (κ3) is 3.53. The van der Waals surface area contributed by atoms with Gasteiger partial charge in [0, 0.05) is 13.1 Å². The van der Waals surface area contributed by atoms with Crippen molar-refractivity contribution in [3.8, 4) is 6.07 Å². The number of carbonyl (C=O) groups is 1. The van der Waals surface area contributed by atoms with Gasteiger partial charge in [0.1, 0.15) is 12.2 Å². The lowest BCUT2D eigenvalue weighted by atomic mass is 10.1. The summed E-state index contributed by atoms with van der Waals surface area (Å²) in [5.41, 5.74) is 1.38. The number of nitrogens with zero attached hydrogens (tertiary/aromatic N) is 4. The average Bonchev–Trinajstić information content (AvgIpc) is 2.97. The lowest BCUT2D eigenvalue weighted by Crippen LogP contribution is -2.24. The highest BCUT2D eigenvalue weighted by Crippen LogP contribution is 2.06. The van der Waals surface area contributed by atoms with Crippen LogP contribution in [0.2, 0.25) is 0 Å². The van der Waals surface area contributed by atoms with E-state index in [4.69, 9.17) is 5.26 Å². The monoisotopic (exact) mass is 267 g/mol. The molecule has 2 rings (SSSR count). The number of aromatic nitrogens is 3. The quantitative estimate of drug-likeness (QED) is 0.847. The number of hydrogen-bond donors (Lipinski definition) is 1. The van der Waals surface area contributed by atoms with E-state index >= 15 is 0 Å². The highest BCUT2D eigenvalue weighted by Gasteiger charge is 2.07. The molecule has 1 N–H and O–H groups in total. The predicted octanol–water partition coefficient (Wildman–Crippen LogP) is 1.35. The summed E-state index contributed by atoms with van der Waals surface area (Å²) in [6, 6.07) is 9.11. The second-order valence-electron chi connectivity index (χ2n) is 4.20. The molecule has 1 aromatic heterocycles. The van der Waals surface area contributed by atoms with E-state index < -0.39 is 0 Å². The number of H-pyrrole nitrogens is 1. The molecule has 0 saturated carbocycles. The molecule has 0 atom stereocenters. The molecule has 0 unspecified atom stereocenters. The van der Waals surface area contributed by atoms with Crippen LogP contribution in [-0.2, 0) is 11.3 Å². The van der Waals surface area contributed by atoms with Gasteiger partial charge in [0.2, 0.25) is 5.91 Å². The van der Waals surface area contributed by atoms with Crippen molar-refractivity contribution in [2.45, 2.75) is 6.54 Å². The third-order valence-corrected chi connectivity index (χ3v) is 2.66. The second-order valence-corrected chi connectivity index (χ2v) is 4.20. The Balaban J connectivity index is 1.99. The van der Waals surface area contributed by atoms with Gasteiger partial charge in [-0.2, -0.15) is 10.4 Å². The molecule has 6 nitrogen and oxygen atoms in total. The normalized spacial score (nSPS) is 10.4. The van der Waals surface area contributed by atoms with Gasteiger partial charge < -0.3 is 4.90 Å². The second kappa shape index (κ2) is 6.29. The minimum atomic E-state index is -0.149. The molecular formula is C14H13N5O. The molecular weight excluding hydrogens is 254 g/mol. The smallest absolute Gasteiger partial charge is 0.246 e. The van der Waals surface area contributed by atoms with Gasteiger partial charge in [0.05, 0.1) is 18.2 Å². The number of rotatable bonds is 4. The van der Waals surface area contributed by atoms with Crippen LogP contribution in [-0.4, -0.2) is 33.0 Å². The van der Waals surface area contributed by atoms with Crippen molar-refractivity contribution in [2.75, 3.05) is 7.05 Å². The highest BCUT2D eigenvalue weighted by atomic mass is 16.2. The summed E-state index contributed by atoms with van der Waals surface area (Å²) in [6.07, 6.45) is 4.55. The van der Waals surface area contributed by atoms with Crippen LogP contribution in [0.5, 0.6) is 0 Å². The van der Waals surface area contributed by atoms with Crippen molar-refractivity contribution < 1.29 is 4.79 Å². The molecule has 20 heavy (non-hydrogen) atoms. The SMILES string of the molecule is CN(Cc1ncn[nH]1)C(=O)C=Cc1cccc(C#N)c1. The van der Waals surface area contributed by atoms with Crippen molar-refractivity contribution in [1.29, 1.82) is 5.26 Å². The third-order valence-electron chi connectivity index (χ3n) is 2.66. The Morgan fingerprint density at radius 1 is 1.55 bits per heavy atom. The summed E-state index contributed by atoms with van der Waals surface area (Å²) in [4.78, 5) is 17.4. The van der Waals surface area contributed by atoms with Crippen molar-refractivity contribution >= 4 is 12.0 Å². The largest absolute Gasteiger partial charge is 0.335 e. The minimum Gasteiger partial charge on any atom is -0.335 e. The predicted molar refractivity (Wildman–Crippen MR) is 73.0 cm³/mol. The van der Waals surface area contributed by atoms with Gasteiger partial charge in [-0.3, -0.25) is 9.89 Å². The van der Waals surface area contributed by atoms with E-state index in [1.807, 2.05) is 6.07 Å². The zero-order valence-electron chi connectivity index (χ0n) is 10.9. The average molecular weight is 267 g/mol. The first-order valence-electron chi connectivity index (χ1n) is 5.96. The first-order chi connectivity index (χ1) is 9.69. The first kappa shape index (κ1) is 13.5. The molecule has 0 aliphatic rings. The maximum Gasteiger partial charge on any atom is 0.246 e. The Morgan fingerprint density at radius 2 is 2.40 bits per heavy atom. The molecule has 0 aliphatic heterocycles. The summed E-state index contributed by atoms with van der Waals surface area (Å²) >= 11 is 0. The van der Waals surface area contributed by atoms with E-state index in [9.17, 15) is 4.79 Å². The van der Waals surface area contributed by atoms with Crippen LogP contribution in [0.15, 0.2) is 36.7 Å². The molecule has 100 valence electrons. The van der Waals surface area contributed by atoms with E-state index in [-0.39, 0.29) is 5.91 Å². The van der Waals surface area contributed by atoms with Gasteiger partial charge in [-0.15, -0.1) is 0 Å². The summed E-state index contributed by atoms with van der Waals surface area (Å²) in [6.45, 7) is 0.363. The number of benzene rings is 1. The molecule has 1 aromatic carbocycles. The number of hydrogen-bond acceptors (Lipinski definition) is 4. The Kier molecular flexibility index (Phi) is 4.24. The minimum absolute atomic E-state index is 0.149. The standard InChI is InChI=1S/C14H13N5O/c1-19(9-13-16-10-17-18-13)14(20)6-5-11-3-2-4-12(7-11)8-15/h2-7,10H,9H2,1H3,(H,16,17,18). The molecule has 0 fully saturated rings. The van der Waals surface area contributed by atoms with E-state index in [2.05, 4.69) is 21.3 Å². The number of nitriles is 1. The van der Waals surface area contributed by atoms with Gasteiger partial charge in [-0.1, -0.05) is 12.1 Å². The van der Waals surface area contributed by atoms with Crippen LogP contribution in [0.1, 0.15) is 17.0 Å². The van der Waals surface area contributed by atoms with Gasteiger partial charge in [0.15, 0.2) is 0 Å². The maximum absolute atomic E-state index is 11.9. The molecule has 6 heteroatoms. The zero-order valence-corrected chi connectivity index (χ0v) is 10.9. The van der Waals surface area contributed by atoms with Crippen LogP contribution in [0, 0.1) is 11.3 Å². The highest BCUT2D eigenvalue weighted by molar-refractivity contribution is 5.91. The van der Waals surface area contributed by atoms with Crippen LogP contribution >= 0.6 is 0 Å². The number of amides is 1. The number of carbonyl (C=O) groups excluding carboxylic acids is 1. The molecule has 2 aromatic rings. The Labute approximate surface area is 116 Å². The summed E-state index contributed by atoms with van der Waals surface area (Å²) in [5, 5.41) is 15.2. The van der Waals surface area contributed by atoms with E-state index in [0.29, 0.717) is 17.9 Å². The topological polar surface area (TPSA) is 85.7 Å². The summed E-state index contributed by atoms with van der Waals surface area (Å²) < 4.78 is 0. The number of nitrogens with one attached hydrogen (secondary N) is 1. The Bertz CT molecular complexity index is 654. The number of likely N-dealkylation sites (N-methyl/N-ethyl adjacent to an activating group) is 1. The molecule has 0 spiro atoms. The molecule has 0 saturated heterocycles. The lowest BCUT2D eigenvalue weighted by Gasteiger charge is -2.12. The molecule has 0 bridgehead atoms. The fourth-order valence-corrected chi connectivity index (χ4v) is 1.62. The van der Waals surface area contributed by atoms with Crippen molar-refractivity contribution in [3.63, 3.8) is 0 Å². The van der Waals surface area contributed by atoms with Crippen LogP contribution in [0.4, 0.5) is 0 Å². The van der Waals surface area contributed by atoms with Gasteiger partial charge >= 0.3 is 0 Å². The zero-order chi connectivity index (χ0) is 14.4. The van der Waals surface area contributed by atoms with Gasteiger partial charge in [0.25, 0.3) is 0 Å². The fourth-order valence-electron chi connectivity index (χ4n) is 1.62. The van der Waals surface area contributed by atoms with Crippen LogP contribution in [0.3, 0.4) is 0 Å². The molecule has 1 amide bonds. The van der Waals surface area contributed by atoms with E-state index in [0.717, 1.165) is 5.56 Å². The van der Waals surface area contributed by atoms with Gasteiger partial charge in [-0.25, -0.2) is 4.98 Å². The van der Waals surface area contributed by atoms with Gasteiger partial charge in [-0.05, 0) is 23.8 Å². The van der Waals surface area contributed by atoms with Crippen molar-refractivity contribution in [3.05, 3.63) is 53.6 Å². The molecule has 1 heterocycles. The van der Waals surface area contributed by atoms with Crippen molar-refractivity contribution in [1.82, 2.24) is 20.1 Å². The van der Waals surface area contributed by atoms with Crippen molar-refractivity contribution in [2.24, 2.45) is 0 Å². The van der Waals surface area contributed by atoms with Crippen LogP contribution in [0.25, 0.3) is 6.08 Å².